The van der Waals surface area contributed by atoms with Crippen molar-refractivity contribution in [3.05, 3.63) is 89.0 Å². The molecule has 2 aliphatic rings. The molecule has 4 heterocycles. The summed E-state index contributed by atoms with van der Waals surface area (Å²) in [5.41, 5.74) is 14.4. The number of aromatic amines is 1. The van der Waals surface area contributed by atoms with Crippen molar-refractivity contribution in [1.29, 1.82) is 0 Å². The van der Waals surface area contributed by atoms with Crippen LogP contribution in [-0.2, 0) is 6.42 Å². The number of piperazine rings is 1. The van der Waals surface area contributed by atoms with Crippen LogP contribution in [0.25, 0.3) is 33.9 Å². The van der Waals surface area contributed by atoms with Crippen LogP contribution in [0.15, 0.2) is 66.5 Å². The molecule has 0 atom stereocenters. The van der Waals surface area contributed by atoms with Crippen molar-refractivity contribution in [2.24, 2.45) is 0 Å². The molecule has 1 saturated heterocycles. The van der Waals surface area contributed by atoms with E-state index in [4.69, 9.17) is 10.7 Å². The maximum Gasteiger partial charge on any atom is 0.194 e. The van der Waals surface area contributed by atoms with Crippen molar-refractivity contribution in [2.75, 3.05) is 43.9 Å². The Bertz CT molecular complexity index is 1790. The first kappa shape index (κ1) is 24.3. The van der Waals surface area contributed by atoms with Gasteiger partial charge >= 0.3 is 0 Å². The molecule has 40 heavy (non-hydrogen) atoms. The van der Waals surface area contributed by atoms with Crippen molar-refractivity contribution in [3.63, 3.8) is 0 Å². The average Bonchev–Trinajstić information content (AvgIpc) is 3.68. The van der Waals surface area contributed by atoms with Gasteiger partial charge in [-0.05, 0) is 73.1 Å². The molecule has 9 nitrogen and oxygen atoms in total. The lowest BCUT2D eigenvalue weighted by Gasteiger charge is -2.33. The molecular weight excluding hydrogens is 500 g/mol. The fraction of sp³-hybridized carbons (Fsp3) is 0.226. The Labute approximate surface area is 232 Å². The van der Waals surface area contributed by atoms with E-state index in [0.29, 0.717) is 23.4 Å². The molecule has 3 N–H and O–H groups in total. The molecule has 7 rings (SSSR count). The van der Waals surface area contributed by atoms with E-state index < -0.39 is 0 Å². The van der Waals surface area contributed by atoms with Crippen molar-refractivity contribution in [3.8, 4) is 16.8 Å². The van der Waals surface area contributed by atoms with E-state index in [1.165, 1.54) is 0 Å². The molecule has 0 amide bonds. The zero-order chi connectivity index (χ0) is 27.4. The molecule has 200 valence electrons. The Balaban J connectivity index is 1.11. The van der Waals surface area contributed by atoms with Crippen LogP contribution >= 0.6 is 0 Å². The summed E-state index contributed by atoms with van der Waals surface area (Å²) in [6.45, 7) is 6.00. The van der Waals surface area contributed by atoms with Crippen molar-refractivity contribution >= 4 is 34.5 Å². The van der Waals surface area contributed by atoms with Crippen LogP contribution in [0.3, 0.4) is 0 Å². The fourth-order valence-corrected chi connectivity index (χ4v) is 5.61. The minimum absolute atomic E-state index is 0.0989. The number of nitrogens with zero attached hydrogens (tertiary/aromatic N) is 6. The number of nitrogens with one attached hydrogen (secondary N) is 1. The van der Waals surface area contributed by atoms with Crippen molar-refractivity contribution in [2.45, 2.75) is 13.3 Å². The summed E-state index contributed by atoms with van der Waals surface area (Å²) in [7, 11) is 2.15. The topological polar surface area (TPSA) is 109 Å². The van der Waals surface area contributed by atoms with E-state index in [2.05, 4.69) is 62.2 Å². The molecule has 0 unspecified atom stereocenters. The number of H-pyrrole nitrogens is 1. The lowest BCUT2D eigenvalue weighted by atomic mass is 10.0. The Morgan fingerprint density at radius 2 is 1.80 bits per heavy atom. The number of rotatable bonds is 5. The number of likely N-dealkylation sites (N-methyl/N-ethyl adjacent to an activating group) is 1. The van der Waals surface area contributed by atoms with Crippen LogP contribution in [0, 0.1) is 6.92 Å². The predicted molar refractivity (Wildman–Crippen MR) is 158 cm³/mol. The molecule has 9 heteroatoms. The van der Waals surface area contributed by atoms with Crippen LogP contribution in [0.2, 0.25) is 0 Å². The second kappa shape index (κ2) is 9.46. The number of ketones is 1. The summed E-state index contributed by atoms with van der Waals surface area (Å²) in [5.74, 6) is 2.08. The van der Waals surface area contributed by atoms with Gasteiger partial charge in [0.15, 0.2) is 5.78 Å². The van der Waals surface area contributed by atoms with E-state index in [0.717, 1.165) is 76.8 Å². The zero-order valence-corrected chi connectivity index (χ0v) is 22.6. The highest BCUT2D eigenvalue weighted by Crippen LogP contribution is 2.33. The van der Waals surface area contributed by atoms with Gasteiger partial charge in [-0.1, -0.05) is 12.1 Å². The lowest BCUT2D eigenvalue weighted by Crippen LogP contribution is -2.44. The van der Waals surface area contributed by atoms with Gasteiger partial charge in [-0.3, -0.25) is 4.79 Å². The van der Waals surface area contributed by atoms with Crippen molar-refractivity contribution in [1.82, 2.24) is 29.6 Å². The summed E-state index contributed by atoms with van der Waals surface area (Å²) in [5, 5.41) is 4.44. The maximum atomic E-state index is 13.5. The first-order chi connectivity index (χ1) is 19.4. The molecule has 1 aliphatic heterocycles. The molecular formula is C31H30N8O. The number of carbonyl (C=O) groups is 1. The molecule has 3 aromatic heterocycles. The summed E-state index contributed by atoms with van der Waals surface area (Å²) in [4.78, 5) is 30.6. The Morgan fingerprint density at radius 3 is 2.60 bits per heavy atom. The monoisotopic (exact) mass is 530 g/mol. The maximum absolute atomic E-state index is 13.5. The highest BCUT2D eigenvalue weighted by molar-refractivity contribution is 6.15. The second-order valence-electron chi connectivity index (χ2n) is 10.7. The van der Waals surface area contributed by atoms with E-state index in [-0.39, 0.29) is 5.78 Å². The Hall–Kier alpha value is -4.76. The Morgan fingerprint density at radius 1 is 0.975 bits per heavy atom. The fourth-order valence-electron chi connectivity index (χ4n) is 5.61. The van der Waals surface area contributed by atoms with Gasteiger partial charge in [0.2, 0.25) is 0 Å². The number of anilines is 2. The normalized spacial score (nSPS) is 15.4. The summed E-state index contributed by atoms with van der Waals surface area (Å²) in [6.07, 6.45) is 6.04. The zero-order valence-electron chi connectivity index (χ0n) is 22.6. The third-order valence-corrected chi connectivity index (χ3v) is 7.94. The van der Waals surface area contributed by atoms with Crippen LogP contribution in [0.4, 0.5) is 11.6 Å². The number of aryl methyl sites for hydroxylation is 1. The first-order valence-corrected chi connectivity index (χ1v) is 13.5. The quantitative estimate of drug-likeness (QED) is 0.327. The number of carbonyl (C=O) groups excluding carboxylic acids is 1. The standard InChI is InChI=1S/C31H30N8O/c1-19-35-27-7-6-25(16-28(27)36-19)39-31(32)26(18-34-39)30(40)24-14-21-4-3-20(13-23(21)15-24)22-5-8-29(33-17-22)38-11-9-37(2)10-12-38/h3-8,13,15-18H,9-12,14,32H2,1-2H3,(H,35,36). The number of fused-ring (bicyclic) bond motifs is 2. The van der Waals surface area contributed by atoms with Gasteiger partial charge in [-0.25, -0.2) is 14.6 Å². The summed E-state index contributed by atoms with van der Waals surface area (Å²) < 4.78 is 1.60. The molecule has 2 aromatic carbocycles. The van der Waals surface area contributed by atoms with E-state index in [9.17, 15) is 4.79 Å². The number of nitrogens with two attached hydrogens (primary N) is 1. The highest BCUT2D eigenvalue weighted by Gasteiger charge is 2.24. The molecule has 0 spiro atoms. The molecule has 0 bridgehead atoms. The highest BCUT2D eigenvalue weighted by atomic mass is 16.1. The van der Waals surface area contributed by atoms with Gasteiger partial charge in [0, 0.05) is 49.9 Å². The number of hydrogen-bond donors (Lipinski definition) is 2. The second-order valence-corrected chi connectivity index (χ2v) is 10.7. The first-order valence-electron chi connectivity index (χ1n) is 13.5. The largest absolute Gasteiger partial charge is 0.383 e. The molecule has 1 aliphatic carbocycles. The smallest absolute Gasteiger partial charge is 0.194 e. The number of pyridine rings is 1. The number of allylic oxidation sites excluding steroid dienone is 1. The number of hydrogen-bond acceptors (Lipinski definition) is 7. The average molecular weight is 531 g/mol. The molecule has 5 aromatic rings. The van der Waals surface area contributed by atoms with Gasteiger partial charge < -0.3 is 20.5 Å². The van der Waals surface area contributed by atoms with Gasteiger partial charge in [0.1, 0.15) is 17.5 Å². The van der Waals surface area contributed by atoms with Crippen LogP contribution in [-0.4, -0.2) is 68.6 Å². The van der Waals surface area contributed by atoms with Crippen LogP contribution < -0.4 is 10.6 Å². The van der Waals surface area contributed by atoms with Gasteiger partial charge in [0.25, 0.3) is 0 Å². The predicted octanol–water partition coefficient (Wildman–Crippen LogP) is 4.28. The van der Waals surface area contributed by atoms with Crippen molar-refractivity contribution < 1.29 is 4.79 Å². The van der Waals surface area contributed by atoms with Gasteiger partial charge in [-0.2, -0.15) is 5.10 Å². The van der Waals surface area contributed by atoms with E-state index in [1.807, 2.05) is 37.4 Å². The van der Waals surface area contributed by atoms with Gasteiger partial charge in [0.05, 0.1) is 28.5 Å². The van der Waals surface area contributed by atoms with Crippen LogP contribution in [0.1, 0.15) is 27.3 Å². The summed E-state index contributed by atoms with van der Waals surface area (Å²) in [6, 6.07) is 16.3. The van der Waals surface area contributed by atoms with E-state index in [1.54, 1.807) is 10.9 Å². The third-order valence-electron chi connectivity index (χ3n) is 7.94. The van der Waals surface area contributed by atoms with E-state index >= 15 is 0 Å². The number of benzene rings is 2. The minimum Gasteiger partial charge on any atom is -0.383 e. The summed E-state index contributed by atoms with van der Waals surface area (Å²) >= 11 is 0. The minimum atomic E-state index is -0.0989. The van der Waals surface area contributed by atoms with Crippen LogP contribution in [0.5, 0.6) is 0 Å². The number of nitrogen functional groups attached to an aromatic ring is 1. The lowest BCUT2D eigenvalue weighted by molar-refractivity contribution is 0.103. The Kier molecular flexibility index (Phi) is 5.74. The third kappa shape index (κ3) is 4.24. The molecule has 1 fully saturated rings. The number of imidazole rings is 1. The van der Waals surface area contributed by atoms with Gasteiger partial charge in [-0.15, -0.1) is 0 Å². The molecule has 0 saturated carbocycles. The number of aromatic nitrogens is 5. The SMILES string of the molecule is Cc1nc2ccc(-n3ncc(C(=O)C4=Cc5cc(-c6ccc(N7CCN(C)CC7)nc6)ccc5C4)c3N)cc2[nH]1. The number of Topliss-reactive ketones (excluding diaryl/α,β-unsaturated/α-hetero) is 1. The molecule has 0 radical (unpaired) electrons.